The molecule has 0 aliphatic carbocycles. The van der Waals surface area contributed by atoms with Crippen LogP contribution in [-0.4, -0.2) is 20.0 Å². The van der Waals surface area contributed by atoms with E-state index in [4.69, 9.17) is 11.6 Å². The third kappa shape index (κ3) is 4.77. The fourth-order valence-electron chi connectivity index (χ4n) is 1.91. The highest BCUT2D eigenvalue weighted by atomic mass is 35.5. The standard InChI is InChI=1S/C18H17ClN4O/c1-23(2)17-5-3-4-16(10-17)21-12-13(11-20)18(24)22-15-8-6-14(19)7-9-15/h3-10,12,21H,1-2H3,(H,22,24)/b13-12-. The van der Waals surface area contributed by atoms with E-state index in [1.54, 1.807) is 24.3 Å². The second-order valence-electron chi connectivity index (χ2n) is 5.22. The molecule has 122 valence electrons. The minimum Gasteiger partial charge on any atom is -0.378 e. The number of halogens is 1. The van der Waals surface area contributed by atoms with Crippen molar-refractivity contribution in [2.45, 2.75) is 0 Å². The Labute approximate surface area is 146 Å². The van der Waals surface area contributed by atoms with Gasteiger partial charge in [0.1, 0.15) is 11.6 Å². The first kappa shape index (κ1) is 17.4. The molecule has 0 saturated heterocycles. The number of amides is 1. The van der Waals surface area contributed by atoms with Gasteiger partial charge in [-0.15, -0.1) is 0 Å². The van der Waals surface area contributed by atoms with Gasteiger partial charge in [-0.05, 0) is 42.5 Å². The van der Waals surface area contributed by atoms with Crippen LogP contribution in [0.1, 0.15) is 0 Å². The number of hydrogen-bond acceptors (Lipinski definition) is 4. The fourth-order valence-corrected chi connectivity index (χ4v) is 2.04. The predicted octanol–water partition coefficient (Wildman–Crippen LogP) is 3.86. The van der Waals surface area contributed by atoms with Crippen LogP contribution >= 0.6 is 11.6 Å². The lowest BCUT2D eigenvalue weighted by Gasteiger charge is -2.13. The predicted molar refractivity (Wildman–Crippen MR) is 98.2 cm³/mol. The van der Waals surface area contributed by atoms with Crippen LogP contribution in [0.25, 0.3) is 0 Å². The Morgan fingerprint density at radius 3 is 2.50 bits per heavy atom. The summed E-state index contributed by atoms with van der Waals surface area (Å²) < 4.78 is 0. The molecule has 0 fully saturated rings. The first-order chi connectivity index (χ1) is 11.5. The molecule has 2 rings (SSSR count). The molecule has 2 N–H and O–H groups in total. The van der Waals surface area contributed by atoms with Crippen LogP contribution in [-0.2, 0) is 4.79 Å². The monoisotopic (exact) mass is 340 g/mol. The second-order valence-corrected chi connectivity index (χ2v) is 5.66. The van der Waals surface area contributed by atoms with Gasteiger partial charge in [-0.3, -0.25) is 4.79 Å². The van der Waals surface area contributed by atoms with Crippen molar-refractivity contribution in [1.29, 1.82) is 5.26 Å². The summed E-state index contributed by atoms with van der Waals surface area (Å²) in [7, 11) is 3.88. The van der Waals surface area contributed by atoms with Crippen LogP contribution in [0.3, 0.4) is 0 Å². The third-order valence-corrected chi connectivity index (χ3v) is 3.46. The number of carbonyl (C=O) groups excluding carboxylic acids is 1. The summed E-state index contributed by atoms with van der Waals surface area (Å²) in [5.74, 6) is -0.490. The van der Waals surface area contributed by atoms with Crippen LogP contribution in [0.2, 0.25) is 5.02 Å². The Kier molecular flexibility index (Phi) is 5.83. The highest BCUT2D eigenvalue weighted by Gasteiger charge is 2.09. The van der Waals surface area contributed by atoms with Crippen LogP contribution in [0.15, 0.2) is 60.3 Å². The average Bonchev–Trinajstić information content (AvgIpc) is 2.57. The maximum atomic E-state index is 12.1. The Morgan fingerprint density at radius 2 is 1.88 bits per heavy atom. The van der Waals surface area contributed by atoms with E-state index in [0.29, 0.717) is 10.7 Å². The normalized spacial score (nSPS) is 10.7. The molecule has 0 aliphatic rings. The first-order valence-electron chi connectivity index (χ1n) is 7.20. The second kappa shape index (κ2) is 8.04. The van der Waals surface area contributed by atoms with Gasteiger partial charge in [0.05, 0.1) is 0 Å². The van der Waals surface area contributed by atoms with E-state index in [0.717, 1.165) is 11.4 Å². The zero-order valence-electron chi connectivity index (χ0n) is 13.4. The molecule has 2 aromatic carbocycles. The first-order valence-corrected chi connectivity index (χ1v) is 7.58. The zero-order valence-corrected chi connectivity index (χ0v) is 14.1. The van der Waals surface area contributed by atoms with Gasteiger partial charge in [0.15, 0.2) is 0 Å². The number of anilines is 3. The molecule has 0 radical (unpaired) electrons. The number of nitrogens with one attached hydrogen (secondary N) is 2. The Balaban J connectivity index is 2.08. The van der Waals surface area contributed by atoms with Crippen LogP contribution < -0.4 is 15.5 Å². The number of rotatable bonds is 5. The molecule has 0 bridgehead atoms. The van der Waals surface area contributed by atoms with E-state index in [9.17, 15) is 10.1 Å². The average molecular weight is 341 g/mol. The fraction of sp³-hybridized carbons (Fsp3) is 0.111. The molecule has 0 saturated carbocycles. The van der Waals surface area contributed by atoms with Crippen molar-refractivity contribution in [3.05, 3.63) is 65.3 Å². The van der Waals surface area contributed by atoms with Crippen molar-refractivity contribution < 1.29 is 4.79 Å². The van der Waals surface area contributed by atoms with Crippen LogP contribution in [0, 0.1) is 11.3 Å². The highest BCUT2D eigenvalue weighted by molar-refractivity contribution is 6.30. The lowest BCUT2D eigenvalue weighted by Crippen LogP contribution is -2.14. The summed E-state index contributed by atoms with van der Waals surface area (Å²) in [4.78, 5) is 14.1. The molecule has 6 heteroatoms. The van der Waals surface area contributed by atoms with Crippen LogP contribution in [0.4, 0.5) is 17.1 Å². The Morgan fingerprint density at radius 1 is 1.17 bits per heavy atom. The molecule has 0 spiro atoms. The van der Waals surface area contributed by atoms with Crippen molar-refractivity contribution in [3.8, 4) is 6.07 Å². The smallest absolute Gasteiger partial charge is 0.267 e. The minimum atomic E-state index is -0.490. The highest BCUT2D eigenvalue weighted by Crippen LogP contribution is 2.18. The molecule has 2 aromatic rings. The van der Waals surface area contributed by atoms with E-state index in [2.05, 4.69) is 10.6 Å². The number of nitrogens with zero attached hydrogens (tertiary/aromatic N) is 2. The maximum absolute atomic E-state index is 12.1. The summed E-state index contributed by atoms with van der Waals surface area (Å²) in [6.45, 7) is 0. The minimum absolute atomic E-state index is 0.0276. The molecule has 0 atom stereocenters. The number of nitriles is 1. The molecule has 5 nitrogen and oxygen atoms in total. The van der Waals surface area contributed by atoms with Gasteiger partial charge < -0.3 is 15.5 Å². The van der Waals surface area contributed by atoms with Gasteiger partial charge in [0.25, 0.3) is 5.91 Å². The number of carbonyl (C=O) groups is 1. The van der Waals surface area contributed by atoms with E-state index >= 15 is 0 Å². The SMILES string of the molecule is CN(C)c1cccc(N/C=C(/C#N)C(=O)Nc2ccc(Cl)cc2)c1. The summed E-state index contributed by atoms with van der Waals surface area (Å²) >= 11 is 5.80. The summed E-state index contributed by atoms with van der Waals surface area (Å²) in [6, 6.07) is 16.2. The van der Waals surface area contributed by atoms with Gasteiger partial charge in [-0.25, -0.2) is 0 Å². The molecular formula is C18H17ClN4O. The van der Waals surface area contributed by atoms with Crippen LogP contribution in [0.5, 0.6) is 0 Å². The van der Waals surface area contributed by atoms with E-state index < -0.39 is 5.91 Å². The summed E-state index contributed by atoms with van der Waals surface area (Å²) in [5.41, 5.74) is 2.34. The van der Waals surface area contributed by atoms with Gasteiger partial charge in [-0.1, -0.05) is 17.7 Å². The van der Waals surface area contributed by atoms with Gasteiger partial charge >= 0.3 is 0 Å². The Bertz CT molecular complexity index is 791. The number of hydrogen-bond donors (Lipinski definition) is 2. The largest absolute Gasteiger partial charge is 0.378 e. The molecule has 0 unspecified atom stereocenters. The van der Waals surface area contributed by atoms with E-state index in [-0.39, 0.29) is 5.57 Å². The van der Waals surface area contributed by atoms with E-state index in [1.807, 2.05) is 49.3 Å². The van der Waals surface area contributed by atoms with Crippen molar-refractivity contribution in [3.63, 3.8) is 0 Å². The quantitative estimate of drug-likeness (QED) is 0.640. The molecule has 0 aliphatic heterocycles. The lowest BCUT2D eigenvalue weighted by molar-refractivity contribution is -0.112. The van der Waals surface area contributed by atoms with Crippen molar-refractivity contribution in [1.82, 2.24) is 0 Å². The van der Waals surface area contributed by atoms with Crippen molar-refractivity contribution >= 4 is 34.6 Å². The molecule has 0 heterocycles. The maximum Gasteiger partial charge on any atom is 0.267 e. The van der Waals surface area contributed by atoms with E-state index in [1.165, 1.54) is 6.20 Å². The summed E-state index contributed by atoms with van der Waals surface area (Å²) in [5, 5.41) is 15.4. The molecular weight excluding hydrogens is 324 g/mol. The number of benzene rings is 2. The van der Waals surface area contributed by atoms with Crippen molar-refractivity contribution in [2.24, 2.45) is 0 Å². The van der Waals surface area contributed by atoms with Gasteiger partial charge in [-0.2, -0.15) is 5.26 Å². The zero-order chi connectivity index (χ0) is 17.5. The molecule has 0 aromatic heterocycles. The summed E-state index contributed by atoms with van der Waals surface area (Å²) in [6.07, 6.45) is 1.39. The van der Waals surface area contributed by atoms with Gasteiger partial charge in [0.2, 0.25) is 0 Å². The molecule has 1 amide bonds. The van der Waals surface area contributed by atoms with Crippen molar-refractivity contribution in [2.75, 3.05) is 29.6 Å². The third-order valence-electron chi connectivity index (χ3n) is 3.21. The van der Waals surface area contributed by atoms with Gasteiger partial charge in [0, 0.05) is 42.4 Å². The topological polar surface area (TPSA) is 68.2 Å². The molecule has 24 heavy (non-hydrogen) atoms. The Hall–Kier alpha value is -2.97. The lowest BCUT2D eigenvalue weighted by atomic mass is 10.2.